The van der Waals surface area contributed by atoms with Crippen LogP contribution in [0.15, 0.2) is 34.9 Å². The fourth-order valence-corrected chi connectivity index (χ4v) is 2.88. The minimum atomic E-state index is -0.355. The Morgan fingerprint density at radius 3 is 2.90 bits per heavy atom. The van der Waals surface area contributed by atoms with Gasteiger partial charge in [-0.05, 0) is 19.4 Å². The maximum absolute atomic E-state index is 12.0. The Bertz CT molecular complexity index is 788. The first-order valence-electron chi connectivity index (χ1n) is 6.78. The number of benzene rings is 1. The quantitative estimate of drug-likeness (QED) is 0.680. The molecule has 0 atom stereocenters. The minimum Gasteiger partial charge on any atom is -0.457 e. The molecule has 0 aliphatic carbocycles. The van der Waals surface area contributed by atoms with E-state index in [9.17, 15) is 4.79 Å². The van der Waals surface area contributed by atoms with Crippen LogP contribution in [0.25, 0.3) is 11.0 Å². The monoisotopic (exact) mass is 301 g/mol. The summed E-state index contributed by atoms with van der Waals surface area (Å²) in [4.78, 5) is 16.7. The van der Waals surface area contributed by atoms with Crippen molar-refractivity contribution in [2.45, 2.75) is 26.9 Å². The smallest absolute Gasteiger partial charge is 0.350 e. The predicted octanol–water partition coefficient (Wildman–Crippen LogP) is 4.12. The number of nitrogens with zero attached hydrogens (tertiary/aromatic N) is 1. The van der Waals surface area contributed by atoms with Crippen molar-refractivity contribution in [3.63, 3.8) is 0 Å². The van der Waals surface area contributed by atoms with Gasteiger partial charge in [0.05, 0.1) is 11.2 Å². The van der Waals surface area contributed by atoms with Crippen LogP contribution in [0.1, 0.15) is 32.9 Å². The third-order valence-corrected chi connectivity index (χ3v) is 4.46. The Hall–Kier alpha value is -2.14. The van der Waals surface area contributed by atoms with E-state index < -0.39 is 0 Å². The van der Waals surface area contributed by atoms with Crippen LogP contribution in [0.5, 0.6) is 0 Å². The normalized spacial score (nSPS) is 11.0. The van der Waals surface area contributed by atoms with Gasteiger partial charge in [0.15, 0.2) is 0 Å². The van der Waals surface area contributed by atoms with Gasteiger partial charge in [0.1, 0.15) is 22.8 Å². The molecule has 0 fully saturated rings. The molecule has 0 spiro atoms. The number of hydrogen-bond acceptors (Lipinski definition) is 5. The third-order valence-electron chi connectivity index (χ3n) is 3.33. The molecule has 0 amide bonds. The molecule has 2 heterocycles. The number of fused-ring (bicyclic) bond motifs is 1. The lowest BCUT2D eigenvalue weighted by atomic mass is 10.1. The number of ether oxygens (including phenoxy) is 1. The summed E-state index contributed by atoms with van der Waals surface area (Å²) in [7, 11) is 0. The number of para-hydroxylation sites is 1. The first-order chi connectivity index (χ1) is 10.2. The van der Waals surface area contributed by atoms with Crippen molar-refractivity contribution in [2.24, 2.45) is 0 Å². The van der Waals surface area contributed by atoms with E-state index in [2.05, 4.69) is 4.98 Å². The van der Waals surface area contributed by atoms with E-state index in [4.69, 9.17) is 9.15 Å². The molecule has 3 aromatic rings. The van der Waals surface area contributed by atoms with Gasteiger partial charge >= 0.3 is 5.97 Å². The summed E-state index contributed by atoms with van der Waals surface area (Å²) in [6, 6.07) is 7.79. The van der Waals surface area contributed by atoms with Gasteiger partial charge in [-0.25, -0.2) is 9.78 Å². The summed E-state index contributed by atoms with van der Waals surface area (Å²) in [6.07, 6.45) is 2.39. The Kier molecular flexibility index (Phi) is 3.75. The number of rotatable bonds is 4. The van der Waals surface area contributed by atoms with Gasteiger partial charge in [0, 0.05) is 10.9 Å². The van der Waals surface area contributed by atoms with Crippen molar-refractivity contribution in [3.8, 4) is 0 Å². The highest BCUT2D eigenvalue weighted by Gasteiger charge is 2.15. The first kappa shape index (κ1) is 13.8. The molecule has 0 aliphatic rings. The van der Waals surface area contributed by atoms with E-state index in [1.807, 2.05) is 38.1 Å². The van der Waals surface area contributed by atoms with Gasteiger partial charge in [-0.1, -0.05) is 25.1 Å². The van der Waals surface area contributed by atoms with Gasteiger partial charge in [-0.15, -0.1) is 11.3 Å². The van der Waals surface area contributed by atoms with E-state index in [1.165, 1.54) is 11.3 Å². The molecule has 0 N–H and O–H groups in total. The molecule has 0 aliphatic heterocycles. The molecule has 5 heteroatoms. The van der Waals surface area contributed by atoms with Gasteiger partial charge in [0.25, 0.3) is 0 Å². The summed E-state index contributed by atoms with van der Waals surface area (Å²) in [6.45, 7) is 4.11. The molecule has 21 heavy (non-hydrogen) atoms. The highest BCUT2D eigenvalue weighted by molar-refractivity contribution is 7.13. The molecular weight excluding hydrogens is 286 g/mol. The topological polar surface area (TPSA) is 52.3 Å². The second-order valence-corrected chi connectivity index (χ2v) is 5.81. The predicted molar refractivity (Wildman–Crippen MR) is 81.6 cm³/mol. The number of esters is 1. The lowest BCUT2D eigenvalue weighted by Crippen LogP contribution is -2.03. The molecule has 1 aromatic carbocycles. The Labute approximate surface area is 126 Å². The number of hydrogen-bond donors (Lipinski definition) is 0. The molecule has 0 saturated heterocycles. The maximum atomic E-state index is 12.0. The van der Waals surface area contributed by atoms with E-state index in [-0.39, 0.29) is 12.6 Å². The molecule has 108 valence electrons. The molecule has 4 nitrogen and oxygen atoms in total. The zero-order chi connectivity index (χ0) is 14.8. The fourth-order valence-electron chi connectivity index (χ4n) is 2.13. The van der Waals surface area contributed by atoms with Crippen molar-refractivity contribution < 1.29 is 13.9 Å². The number of aryl methyl sites for hydroxylation is 2. The lowest BCUT2D eigenvalue weighted by molar-refractivity contribution is 0.0452. The van der Waals surface area contributed by atoms with Crippen LogP contribution in [0.3, 0.4) is 0 Å². The third kappa shape index (κ3) is 2.69. The summed E-state index contributed by atoms with van der Waals surface area (Å²) in [5, 5.41) is 1.98. The van der Waals surface area contributed by atoms with Crippen molar-refractivity contribution >= 4 is 28.3 Å². The molecule has 3 rings (SSSR count). The average molecular weight is 301 g/mol. The Morgan fingerprint density at radius 1 is 1.38 bits per heavy atom. The number of carbonyl (C=O) groups excluding carboxylic acids is 1. The van der Waals surface area contributed by atoms with Crippen LogP contribution in [0.4, 0.5) is 0 Å². The van der Waals surface area contributed by atoms with Crippen molar-refractivity contribution in [3.05, 3.63) is 51.7 Å². The summed E-state index contributed by atoms with van der Waals surface area (Å²) in [5.41, 5.74) is 1.82. The van der Waals surface area contributed by atoms with Gasteiger partial charge in [-0.2, -0.15) is 0 Å². The SMILES string of the molecule is CCc1ncc(C(=O)OCc2oc3ccccc3c2C)s1. The van der Waals surface area contributed by atoms with Crippen LogP contribution in [-0.4, -0.2) is 11.0 Å². The first-order valence-corrected chi connectivity index (χ1v) is 7.59. The zero-order valence-electron chi connectivity index (χ0n) is 11.9. The fraction of sp³-hybridized carbons (Fsp3) is 0.250. The zero-order valence-corrected chi connectivity index (χ0v) is 12.7. The number of carbonyl (C=O) groups is 1. The average Bonchev–Trinajstić information content (AvgIpc) is 3.10. The van der Waals surface area contributed by atoms with Gasteiger partial charge in [-0.3, -0.25) is 0 Å². The largest absolute Gasteiger partial charge is 0.457 e. The van der Waals surface area contributed by atoms with Crippen LogP contribution in [0.2, 0.25) is 0 Å². The lowest BCUT2D eigenvalue weighted by Gasteiger charge is -2.01. The molecule has 0 radical (unpaired) electrons. The maximum Gasteiger partial charge on any atom is 0.350 e. The van der Waals surface area contributed by atoms with Crippen LogP contribution in [0, 0.1) is 6.92 Å². The second kappa shape index (κ2) is 5.69. The summed E-state index contributed by atoms with van der Waals surface area (Å²) in [5.74, 6) is 0.330. The van der Waals surface area contributed by atoms with Crippen molar-refractivity contribution in [1.82, 2.24) is 4.98 Å². The van der Waals surface area contributed by atoms with Crippen LogP contribution >= 0.6 is 11.3 Å². The Morgan fingerprint density at radius 2 is 2.19 bits per heavy atom. The number of furan rings is 1. The Balaban J connectivity index is 1.74. The highest BCUT2D eigenvalue weighted by atomic mass is 32.1. The van der Waals surface area contributed by atoms with Crippen molar-refractivity contribution in [1.29, 1.82) is 0 Å². The second-order valence-electron chi connectivity index (χ2n) is 4.69. The van der Waals surface area contributed by atoms with E-state index in [1.54, 1.807) is 6.20 Å². The number of thiazole rings is 1. The van der Waals surface area contributed by atoms with E-state index in [0.717, 1.165) is 28.0 Å². The van der Waals surface area contributed by atoms with E-state index in [0.29, 0.717) is 10.6 Å². The van der Waals surface area contributed by atoms with Gasteiger partial charge < -0.3 is 9.15 Å². The number of aromatic nitrogens is 1. The summed E-state index contributed by atoms with van der Waals surface area (Å²) < 4.78 is 11.0. The molecular formula is C16H15NO3S. The molecule has 0 saturated carbocycles. The minimum absolute atomic E-state index is 0.138. The van der Waals surface area contributed by atoms with Crippen LogP contribution < -0.4 is 0 Å². The summed E-state index contributed by atoms with van der Waals surface area (Å²) >= 11 is 1.37. The van der Waals surface area contributed by atoms with Crippen LogP contribution in [-0.2, 0) is 17.8 Å². The van der Waals surface area contributed by atoms with Crippen molar-refractivity contribution in [2.75, 3.05) is 0 Å². The molecule has 0 unspecified atom stereocenters. The standard InChI is InChI=1S/C16H15NO3S/c1-3-15-17-8-14(21-15)16(18)19-9-13-10(2)11-6-4-5-7-12(11)20-13/h4-8H,3,9H2,1-2H3. The van der Waals surface area contributed by atoms with E-state index >= 15 is 0 Å². The van der Waals surface area contributed by atoms with Gasteiger partial charge in [0.2, 0.25) is 0 Å². The molecule has 2 aromatic heterocycles. The molecule has 0 bridgehead atoms. The highest BCUT2D eigenvalue weighted by Crippen LogP contribution is 2.25.